The third kappa shape index (κ3) is 5.71. The molecule has 1 aromatic heterocycles. The van der Waals surface area contributed by atoms with E-state index < -0.39 is 0 Å². The van der Waals surface area contributed by atoms with Gasteiger partial charge in [0, 0.05) is 32.0 Å². The summed E-state index contributed by atoms with van der Waals surface area (Å²) in [6.45, 7) is 1.98. The van der Waals surface area contributed by atoms with E-state index in [4.69, 9.17) is 28.8 Å². The standard InChI is InChI=1S/C24H28N2O6.CH4O/c1-28-22-11-17(6-7-20(22)30-10-8-16-4-5-16)26-15-32-21-12-23(25-13-19(21)24(26)27)31-14-18-3-2-9-29-18;1-2/h6-7,11-13,16,18H,2-5,8-10,14-15H2,1H3;2H,1H3. The zero-order valence-corrected chi connectivity index (χ0v) is 19.7. The summed E-state index contributed by atoms with van der Waals surface area (Å²) in [7, 11) is 2.60. The summed E-state index contributed by atoms with van der Waals surface area (Å²) in [6.07, 6.45) is 7.31. The first-order valence-corrected chi connectivity index (χ1v) is 11.7. The fourth-order valence-electron chi connectivity index (χ4n) is 3.95. The van der Waals surface area contributed by atoms with Gasteiger partial charge in [-0.1, -0.05) is 12.8 Å². The summed E-state index contributed by atoms with van der Waals surface area (Å²) in [4.78, 5) is 18.9. The highest BCUT2D eigenvalue weighted by atomic mass is 16.5. The van der Waals surface area contributed by atoms with Gasteiger partial charge in [0.2, 0.25) is 5.88 Å². The zero-order valence-electron chi connectivity index (χ0n) is 19.7. The number of aromatic nitrogens is 1. The van der Waals surface area contributed by atoms with Crippen LogP contribution in [0.2, 0.25) is 0 Å². The van der Waals surface area contributed by atoms with Crippen LogP contribution in [0.3, 0.4) is 0 Å². The van der Waals surface area contributed by atoms with Crippen molar-refractivity contribution in [3.63, 3.8) is 0 Å². The van der Waals surface area contributed by atoms with Gasteiger partial charge in [-0.25, -0.2) is 4.98 Å². The summed E-state index contributed by atoms with van der Waals surface area (Å²) >= 11 is 0. The largest absolute Gasteiger partial charge is 0.493 e. The van der Waals surface area contributed by atoms with Gasteiger partial charge in [-0.2, -0.15) is 0 Å². The third-order valence-electron chi connectivity index (χ3n) is 6.05. The number of benzene rings is 1. The maximum Gasteiger partial charge on any atom is 0.266 e. The molecule has 1 aliphatic carbocycles. The maximum atomic E-state index is 13.1. The number of hydrogen-bond acceptors (Lipinski definition) is 8. The lowest BCUT2D eigenvalue weighted by Crippen LogP contribution is -2.38. The van der Waals surface area contributed by atoms with E-state index in [1.54, 1.807) is 24.1 Å². The molecule has 1 unspecified atom stereocenters. The number of nitrogens with zero attached hydrogens (tertiary/aromatic N) is 2. The van der Waals surface area contributed by atoms with E-state index >= 15 is 0 Å². The van der Waals surface area contributed by atoms with Crippen LogP contribution in [0.25, 0.3) is 0 Å². The van der Waals surface area contributed by atoms with E-state index in [0.29, 0.717) is 47.6 Å². The van der Waals surface area contributed by atoms with E-state index in [1.165, 1.54) is 19.0 Å². The minimum Gasteiger partial charge on any atom is -0.493 e. The molecule has 0 spiro atoms. The zero-order chi connectivity index (χ0) is 23.9. The Morgan fingerprint density at radius 1 is 1.15 bits per heavy atom. The molecular formula is C25H32N2O7. The van der Waals surface area contributed by atoms with Crippen LogP contribution in [0.15, 0.2) is 30.5 Å². The van der Waals surface area contributed by atoms with Gasteiger partial charge in [-0.15, -0.1) is 0 Å². The smallest absolute Gasteiger partial charge is 0.266 e. The SMILES string of the molecule is CO.COc1cc(N2COc3cc(OCC4CCCO4)ncc3C2=O)ccc1OCCC1CC1. The normalized spacial score (nSPS) is 19.0. The molecule has 0 radical (unpaired) electrons. The molecule has 5 rings (SSSR count). The molecule has 1 atom stereocenters. The average Bonchev–Trinajstić information content (AvgIpc) is 3.55. The Hall–Kier alpha value is -3.04. The average molecular weight is 473 g/mol. The van der Waals surface area contributed by atoms with Crippen molar-refractivity contribution in [2.45, 2.75) is 38.2 Å². The van der Waals surface area contributed by atoms with Gasteiger partial charge in [0.25, 0.3) is 5.91 Å². The van der Waals surface area contributed by atoms with Crippen molar-refractivity contribution in [3.05, 3.63) is 36.0 Å². The number of fused-ring (bicyclic) bond motifs is 1. The highest BCUT2D eigenvalue weighted by molar-refractivity contribution is 6.08. The number of rotatable bonds is 9. The van der Waals surface area contributed by atoms with Crippen LogP contribution in [-0.4, -0.2) is 62.9 Å². The van der Waals surface area contributed by atoms with Crippen molar-refractivity contribution in [1.82, 2.24) is 4.98 Å². The van der Waals surface area contributed by atoms with Gasteiger partial charge in [-0.05, 0) is 37.3 Å². The van der Waals surface area contributed by atoms with Crippen LogP contribution in [0.4, 0.5) is 5.69 Å². The number of carbonyl (C=O) groups excluding carboxylic acids is 1. The molecule has 3 aliphatic rings. The Morgan fingerprint density at radius 3 is 2.74 bits per heavy atom. The minimum atomic E-state index is -0.186. The van der Waals surface area contributed by atoms with Crippen molar-refractivity contribution in [2.24, 2.45) is 5.92 Å². The number of ether oxygens (including phenoxy) is 5. The number of aliphatic hydroxyl groups is 1. The molecule has 1 saturated heterocycles. The summed E-state index contributed by atoms with van der Waals surface area (Å²) in [5.74, 6) is 2.78. The predicted molar refractivity (Wildman–Crippen MR) is 125 cm³/mol. The van der Waals surface area contributed by atoms with Crippen molar-refractivity contribution >= 4 is 11.6 Å². The van der Waals surface area contributed by atoms with E-state index in [9.17, 15) is 4.79 Å². The van der Waals surface area contributed by atoms with E-state index in [2.05, 4.69) is 4.98 Å². The molecule has 0 bridgehead atoms. The summed E-state index contributed by atoms with van der Waals surface area (Å²) in [6, 6.07) is 7.14. The molecule has 2 fully saturated rings. The van der Waals surface area contributed by atoms with Crippen molar-refractivity contribution in [1.29, 1.82) is 0 Å². The Kier molecular flexibility index (Phi) is 8.08. The van der Waals surface area contributed by atoms with E-state index in [0.717, 1.165) is 38.9 Å². The van der Waals surface area contributed by atoms with Crippen LogP contribution in [0.5, 0.6) is 23.1 Å². The van der Waals surface area contributed by atoms with Crippen molar-refractivity contribution < 1.29 is 33.6 Å². The van der Waals surface area contributed by atoms with Crippen LogP contribution in [0.1, 0.15) is 42.5 Å². The van der Waals surface area contributed by atoms with Crippen LogP contribution in [-0.2, 0) is 4.74 Å². The maximum absolute atomic E-state index is 13.1. The minimum absolute atomic E-state index is 0.0893. The fraction of sp³-hybridized carbons (Fsp3) is 0.520. The monoisotopic (exact) mass is 472 g/mol. The molecule has 2 aliphatic heterocycles. The summed E-state index contributed by atoms with van der Waals surface area (Å²) in [5, 5.41) is 7.00. The summed E-state index contributed by atoms with van der Waals surface area (Å²) in [5.41, 5.74) is 1.06. The number of aliphatic hydroxyl groups excluding tert-OH is 1. The first-order valence-electron chi connectivity index (χ1n) is 11.7. The fourth-order valence-corrected chi connectivity index (χ4v) is 3.95. The number of anilines is 1. The number of methoxy groups -OCH3 is 1. The molecule has 1 N–H and O–H groups in total. The molecule has 184 valence electrons. The molecule has 1 amide bonds. The van der Waals surface area contributed by atoms with Gasteiger partial charge in [0.1, 0.15) is 17.9 Å². The third-order valence-corrected chi connectivity index (χ3v) is 6.05. The van der Waals surface area contributed by atoms with Gasteiger partial charge >= 0.3 is 0 Å². The molecule has 34 heavy (non-hydrogen) atoms. The first-order chi connectivity index (χ1) is 16.7. The lowest BCUT2D eigenvalue weighted by molar-refractivity contribution is 0.0661. The molecule has 9 nitrogen and oxygen atoms in total. The second-order valence-electron chi connectivity index (χ2n) is 8.39. The van der Waals surface area contributed by atoms with Crippen LogP contribution in [0, 0.1) is 5.92 Å². The van der Waals surface area contributed by atoms with Crippen LogP contribution < -0.4 is 23.8 Å². The molecule has 3 heterocycles. The summed E-state index contributed by atoms with van der Waals surface area (Å²) < 4.78 is 28.5. The molecule has 1 saturated carbocycles. The Bertz CT molecular complexity index is 974. The number of hydrogen-bond donors (Lipinski definition) is 1. The van der Waals surface area contributed by atoms with E-state index in [1.807, 2.05) is 12.1 Å². The van der Waals surface area contributed by atoms with Crippen molar-refractivity contribution in [2.75, 3.05) is 45.7 Å². The number of amides is 1. The lowest BCUT2D eigenvalue weighted by atomic mass is 10.1. The quantitative estimate of drug-likeness (QED) is 0.593. The molecule has 2 aromatic rings. The van der Waals surface area contributed by atoms with Gasteiger partial charge in [-0.3, -0.25) is 9.69 Å². The second-order valence-corrected chi connectivity index (χ2v) is 8.39. The van der Waals surface area contributed by atoms with Gasteiger partial charge in [0.15, 0.2) is 18.2 Å². The molecule has 9 heteroatoms. The molecule has 1 aromatic carbocycles. The lowest BCUT2D eigenvalue weighted by Gasteiger charge is -2.29. The predicted octanol–water partition coefficient (Wildman–Crippen LogP) is 3.43. The number of pyridine rings is 1. The van der Waals surface area contributed by atoms with Crippen molar-refractivity contribution in [3.8, 4) is 23.1 Å². The van der Waals surface area contributed by atoms with E-state index in [-0.39, 0.29) is 18.7 Å². The topological polar surface area (TPSA) is 99.6 Å². The first kappa shape index (κ1) is 24.1. The number of carbonyl (C=O) groups is 1. The molecular weight excluding hydrogens is 440 g/mol. The van der Waals surface area contributed by atoms with Crippen LogP contribution >= 0.6 is 0 Å². The van der Waals surface area contributed by atoms with Gasteiger partial charge < -0.3 is 28.8 Å². The Morgan fingerprint density at radius 2 is 2.00 bits per heavy atom. The highest BCUT2D eigenvalue weighted by Crippen LogP contribution is 2.37. The van der Waals surface area contributed by atoms with Gasteiger partial charge in [0.05, 0.1) is 25.5 Å². The Balaban J connectivity index is 0.00000133. The highest BCUT2D eigenvalue weighted by Gasteiger charge is 2.29. The Labute approximate surface area is 199 Å². The second kappa shape index (κ2) is 11.4.